The van der Waals surface area contributed by atoms with E-state index in [2.05, 4.69) is 35.9 Å². The minimum Gasteiger partial charge on any atom is -0.354 e. The van der Waals surface area contributed by atoms with E-state index >= 15 is 0 Å². The summed E-state index contributed by atoms with van der Waals surface area (Å²) in [5, 5.41) is 2.60. The number of pyridine rings is 2. The van der Waals surface area contributed by atoms with Crippen molar-refractivity contribution in [2.24, 2.45) is 0 Å². The van der Waals surface area contributed by atoms with Crippen LogP contribution in [-0.2, 0) is 12.8 Å². The summed E-state index contributed by atoms with van der Waals surface area (Å²) < 4.78 is 0. The van der Waals surface area contributed by atoms with Gasteiger partial charge in [-0.3, -0.25) is 9.59 Å². The lowest BCUT2D eigenvalue weighted by Gasteiger charge is -2.11. The molecule has 4 nitrogen and oxygen atoms in total. The third kappa shape index (κ3) is 2.60. The molecular formula is C26H24N2O2. The third-order valence-corrected chi connectivity index (χ3v) is 6.20. The van der Waals surface area contributed by atoms with Crippen molar-refractivity contribution in [1.29, 1.82) is 0 Å². The smallest absolute Gasteiger partial charge is 0.197 e. The van der Waals surface area contributed by atoms with Crippen LogP contribution in [0.2, 0.25) is 0 Å². The number of aryl methyl sites for hydroxylation is 4. The number of hydrogen-bond donors (Lipinski definition) is 2. The van der Waals surface area contributed by atoms with Crippen molar-refractivity contribution in [3.8, 4) is 0 Å². The van der Waals surface area contributed by atoms with E-state index in [0.717, 1.165) is 46.1 Å². The van der Waals surface area contributed by atoms with E-state index in [1.165, 1.54) is 0 Å². The molecule has 5 aromatic rings. The van der Waals surface area contributed by atoms with E-state index < -0.39 is 0 Å². The van der Waals surface area contributed by atoms with E-state index in [4.69, 9.17) is 0 Å². The molecule has 30 heavy (non-hydrogen) atoms. The second-order valence-electron chi connectivity index (χ2n) is 8.24. The van der Waals surface area contributed by atoms with Gasteiger partial charge in [-0.25, -0.2) is 0 Å². The highest BCUT2D eigenvalue weighted by molar-refractivity contribution is 6.03. The van der Waals surface area contributed by atoms with Crippen molar-refractivity contribution in [3.05, 3.63) is 79.1 Å². The van der Waals surface area contributed by atoms with Gasteiger partial charge in [0.05, 0.1) is 22.1 Å². The highest BCUT2D eigenvalue weighted by Crippen LogP contribution is 2.25. The maximum atomic E-state index is 13.4. The number of H-pyrrole nitrogens is 2. The molecule has 4 heteroatoms. The van der Waals surface area contributed by atoms with Gasteiger partial charge in [0.2, 0.25) is 0 Å². The number of aromatic nitrogens is 2. The zero-order valence-corrected chi connectivity index (χ0v) is 17.7. The van der Waals surface area contributed by atoms with Gasteiger partial charge in [0.25, 0.3) is 0 Å². The summed E-state index contributed by atoms with van der Waals surface area (Å²) in [6, 6.07) is 11.8. The molecule has 150 valence electrons. The Morgan fingerprint density at radius 1 is 0.667 bits per heavy atom. The first kappa shape index (κ1) is 18.6. The number of fused-ring (bicyclic) bond motifs is 4. The Balaban J connectivity index is 1.97. The van der Waals surface area contributed by atoms with Gasteiger partial charge in [0, 0.05) is 21.5 Å². The first-order valence-corrected chi connectivity index (χ1v) is 10.5. The summed E-state index contributed by atoms with van der Waals surface area (Å²) in [5.74, 6) is 0. The molecule has 0 aliphatic rings. The van der Waals surface area contributed by atoms with Crippen molar-refractivity contribution in [1.82, 2.24) is 9.97 Å². The fraction of sp³-hybridized carbons (Fsp3) is 0.231. The molecular weight excluding hydrogens is 372 g/mol. The average Bonchev–Trinajstić information content (AvgIpc) is 2.74. The summed E-state index contributed by atoms with van der Waals surface area (Å²) in [6.07, 6.45) is 1.72. The largest absolute Gasteiger partial charge is 0.354 e. The van der Waals surface area contributed by atoms with Gasteiger partial charge in [-0.05, 0) is 73.2 Å². The maximum absolute atomic E-state index is 13.4. The number of aromatic amines is 2. The van der Waals surface area contributed by atoms with Crippen LogP contribution in [0.5, 0.6) is 0 Å². The van der Waals surface area contributed by atoms with Crippen LogP contribution in [-0.4, -0.2) is 9.97 Å². The number of benzene rings is 3. The van der Waals surface area contributed by atoms with Crippen molar-refractivity contribution >= 4 is 43.6 Å². The second kappa shape index (κ2) is 6.56. The number of nitrogens with one attached hydrogen (secondary N) is 2. The quantitative estimate of drug-likeness (QED) is 0.391. The van der Waals surface area contributed by atoms with Crippen LogP contribution in [0, 0.1) is 13.8 Å². The molecule has 0 radical (unpaired) electrons. The molecule has 0 saturated heterocycles. The Morgan fingerprint density at radius 3 is 1.87 bits per heavy atom. The molecule has 0 saturated carbocycles. The van der Waals surface area contributed by atoms with Crippen LogP contribution < -0.4 is 10.9 Å². The molecule has 0 atom stereocenters. The lowest BCUT2D eigenvalue weighted by molar-refractivity contribution is 1.10. The Bertz CT molecular complexity index is 1620. The molecule has 3 aromatic carbocycles. The minimum absolute atomic E-state index is 0.00669. The molecule has 0 amide bonds. The highest BCUT2D eigenvalue weighted by Gasteiger charge is 2.14. The van der Waals surface area contributed by atoms with E-state index in [9.17, 15) is 9.59 Å². The van der Waals surface area contributed by atoms with Gasteiger partial charge in [-0.15, -0.1) is 0 Å². The van der Waals surface area contributed by atoms with E-state index in [1.807, 2.05) is 38.1 Å². The average molecular weight is 396 g/mol. The van der Waals surface area contributed by atoms with Gasteiger partial charge >= 0.3 is 0 Å². The summed E-state index contributed by atoms with van der Waals surface area (Å²) >= 11 is 0. The SMILES string of the molecule is CCc1cc(CC)c2[nH]c3cc4c(=O)c5cc(C)cc(C)c5[nH]c4cc3c(=O)c2c1. The van der Waals surface area contributed by atoms with Gasteiger partial charge in [0.1, 0.15) is 0 Å². The van der Waals surface area contributed by atoms with Gasteiger partial charge in [0.15, 0.2) is 10.9 Å². The fourth-order valence-corrected chi connectivity index (χ4v) is 4.63. The molecule has 5 rings (SSSR count). The highest BCUT2D eigenvalue weighted by atomic mass is 16.1. The molecule has 2 N–H and O–H groups in total. The third-order valence-electron chi connectivity index (χ3n) is 6.20. The normalized spacial score (nSPS) is 11.9. The summed E-state index contributed by atoms with van der Waals surface area (Å²) in [6.45, 7) is 8.19. The zero-order valence-electron chi connectivity index (χ0n) is 17.7. The predicted octanol–water partition coefficient (Wildman–Crippen LogP) is 5.42. The van der Waals surface area contributed by atoms with Crippen LogP contribution in [0.1, 0.15) is 36.1 Å². The fourth-order valence-electron chi connectivity index (χ4n) is 4.63. The summed E-state index contributed by atoms with van der Waals surface area (Å²) in [7, 11) is 0. The zero-order chi connectivity index (χ0) is 21.2. The van der Waals surface area contributed by atoms with Crippen LogP contribution in [0.4, 0.5) is 0 Å². The molecule has 2 heterocycles. The first-order chi connectivity index (χ1) is 14.4. The van der Waals surface area contributed by atoms with Gasteiger partial charge in [-0.2, -0.15) is 0 Å². The van der Waals surface area contributed by atoms with Gasteiger partial charge < -0.3 is 9.97 Å². The molecule has 0 bridgehead atoms. The number of rotatable bonds is 2. The van der Waals surface area contributed by atoms with Crippen LogP contribution in [0.25, 0.3) is 43.6 Å². The molecule has 0 aliphatic heterocycles. The molecule has 0 fully saturated rings. The van der Waals surface area contributed by atoms with Crippen molar-refractivity contribution in [2.75, 3.05) is 0 Å². The monoisotopic (exact) mass is 396 g/mol. The van der Waals surface area contributed by atoms with Crippen LogP contribution >= 0.6 is 0 Å². The molecule has 0 unspecified atom stereocenters. The first-order valence-electron chi connectivity index (χ1n) is 10.5. The lowest BCUT2D eigenvalue weighted by atomic mass is 9.99. The Kier molecular flexibility index (Phi) is 4.07. The van der Waals surface area contributed by atoms with Gasteiger partial charge in [-0.1, -0.05) is 26.0 Å². The van der Waals surface area contributed by atoms with Crippen molar-refractivity contribution in [2.45, 2.75) is 40.5 Å². The topological polar surface area (TPSA) is 65.7 Å². The second-order valence-corrected chi connectivity index (χ2v) is 8.24. The summed E-state index contributed by atoms with van der Waals surface area (Å²) in [5.41, 5.74) is 7.47. The Hall–Kier alpha value is -3.40. The minimum atomic E-state index is -0.00885. The van der Waals surface area contributed by atoms with Crippen molar-refractivity contribution in [3.63, 3.8) is 0 Å². The predicted molar refractivity (Wildman–Crippen MR) is 126 cm³/mol. The Morgan fingerprint density at radius 2 is 1.27 bits per heavy atom. The van der Waals surface area contributed by atoms with E-state index in [0.29, 0.717) is 32.6 Å². The molecule has 2 aromatic heterocycles. The standard InChI is InChI=1S/C26H24N2O2/c1-5-15-9-16(6-2)24-20(10-15)26(30)18-11-21-17(12-22(18)28-24)25(29)19-8-13(3)7-14(4)23(19)27-21/h7-12H,5-6H2,1-4H3,(H,27,29)(H,28,30). The van der Waals surface area contributed by atoms with E-state index in [1.54, 1.807) is 0 Å². The molecule has 0 spiro atoms. The van der Waals surface area contributed by atoms with E-state index in [-0.39, 0.29) is 10.9 Å². The lowest BCUT2D eigenvalue weighted by Crippen LogP contribution is -2.10. The number of hydrogen-bond acceptors (Lipinski definition) is 2. The summed E-state index contributed by atoms with van der Waals surface area (Å²) in [4.78, 5) is 33.6. The van der Waals surface area contributed by atoms with Crippen molar-refractivity contribution < 1.29 is 0 Å². The molecule has 0 aliphatic carbocycles. The maximum Gasteiger partial charge on any atom is 0.197 e. The van der Waals surface area contributed by atoms with Crippen LogP contribution in [0.15, 0.2) is 46.0 Å². The Labute approximate surface area is 173 Å². The van der Waals surface area contributed by atoms with Crippen LogP contribution in [0.3, 0.4) is 0 Å².